The molecular weight excluding hydrogens is 346 g/mol. The Bertz CT molecular complexity index is 1020. The first kappa shape index (κ1) is 18.5. The molecule has 3 aromatic rings. The highest BCUT2D eigenvalue weighted by molar-refractivity contribution is 6.06. The number of hydrogen-bond donors (Lipinski definition) is 0. The van der Waals surface area contributed by atoms with Gasteiger partial charge in [-0.25, -0.2) is 9.59 Å². The Morgan fingerprint density at radius 1 is 1.04 bits per heavy atom. The summed E-state index contributed by atoms with van der Waals surface area (Å²) < 4.78 is 17.7. The van der Waals surface area contributed by atoms with Gasteiger partial charge in [0.1, 0.15) is 11.5 Å². The van der Waals surface area contributed by atoms with Crippen molar-refractivity contribution in [2.45, 2.75) is 13.8 Å². The predicted octanol–water partition coefficient (Wildman–Crippen LogP) is 3.89. The van der Waals surface area contributed by atoms with E-state index in [0.717, 1.165) is 11.2 Å². The molecule has 0 spiro atoms. The van der Waals surface area contributed by atoms with Crippen molar-refractivity contribution in [3.63, 3.8) is 0 Å². The van der Waals surface area contributed by atoms with E-state index in [9.17, 15) is 9.59 Å². The van der Waals surface area contributed by atoms with Crippen molar-refractivity contribution < 1.29 is 23.8 Å². The summed E-state index contributed by atoms with van der Waals surface area (Å²) in [4.78, 5) is 24.8. The molecule has 0 N–H and O–H groups in total. The molecule has 0 amide bonds. The minimum absolute atomic E-state index is 0.291. The lowest BCUT2D eigenvalue weighted by atomic mass is 10.1. The summed E-state index contributed by atoms with van der Waals surface area (Å²) in [5.41, 5.74) is 2.51. The summed E-state index contributed by atoms with van der Waals surface area (Å²) in [5.74, 6) is 0.0325. The maximum Gasteiger partial charge on any atom is 0.343 e. The van der Waals surface area contributed by atoms with Crippen LogP contribution in [0.5, 0.6) is 11.5 Å². The molecule has 0 aliphatic rings. The maximum absolute atomic E-state index is 12.4. The summed E-state index contributed by atoms with van der Waals surface area (Å²) in [6, 6.07) is 11.9. The van der Waals surface area contributed by atoms with Gasteiger partial charge >= 0.3 is 11.9 Å². The Balaban J connectivity index is 1.97. The number of fused-ring (bicyclic) bond motifs is 1. The molecule has 0 aliphatic carbocycles. The summed E-state index contributed by atoms with van der Waals surface area (Å²) in [7, 11) is 3.41. The quantitative estimate of drug-likeness (QED) is 0.506. The van der Waals surface area contributed by atoms with E-state index in [2.05, 4.69) is 0 Å². The van der Waals surface area contributed by atoms with E-state index >= 15 is 0 Å². The average molecular weight is 367 g/mol. The maximum atomic E-state index is 12.4. The first-order chi connectivity index (χ1) is 13.0. The van der Waals surface area contributed by atoms with Crippen LogP contribution in [-0.2, 0) is 11.8 Å². The van der Waals surface area contributed by atoms with Gasteiger partial charge in [-0.05, 0) is 50.2 Å². The third-order valence-electron chi connectivity index (χ3n) is 4.46. The SMILES string of the molecule is CCOC(=O)c1c(C)n(C)c2ccc(OC(=O)c3cccc(OC)c3)cc12. The number of aryl methyl sites for hydroxylation is 1. The Morgan fingerprint density at radius 3 is 2.52 bits per heavy atom. The molecule has 2 aromatic carbocycles. The summed E-state index contributed by atoms with van der Waals surface area (Å²) >= 11 is 0. The number of rotatable bonds is 5. The Hall–Kier alpha value is -3.28. The number of esters is 2. The zero-order valence-corrected chi connectivity index (χ0v) is 15.7. The van der Waals surface area contributed by atoms with Crippen LogP contribution in [0.1, 0.15) is 33.3 Å². The highest BCUT2D eigenvalue weighted by atomic mass is 16.5. The monoisotopic (exact) mass is 367 g/mol. The van der Waals surface area contributed by atoms with Crippen molar-refractivity contribution in [1.29, 1.82) is 0 Å². The molecule has 1 heterocycles. The van der Waals surface area contributed by atoms with E-state index < -0.39 is 11.9 Å². The number of benzene rings is 2. The van der Waals surface area contributed by atoms with E-state index in [1.807, 2.05) is 24.6 Å². The lowest BCUT2D eigenvalue weighted by Crippen LogP contribution is -2.09. The average Bonchev–Trinajstić information content (AvgIpc) is 2.92. The lowest BCUT2D eigenvalue weighted by Gasteiger charge is -2.07. The summed E-state index contributed by atoms with van der Waals surface area (Å²) in [5, 5.41) is 0.685. The molecule has 0 aliphatic heterocycles. The molecule has 0 saturated heterocycles. The second-order valence-electron chi connectivity index (χ2n) is 6.04. The molecule has 140 valence electrons. The van der Waals surface area contributed by atoms with Crippen molar-refractivity contribution in [2.24, 2.45) is 7.05 Å². The summed E-state index contributed by atoms with van der Waals surface area (Å²) in [6.07, 6.45) is 0. The first-order valence-electron chi connectivity index (χ1n) is 8.58. The van der Waals surface area contributed by atoms with Crippen molar-refractivity contribution in [3.05, 3.63) is 59.3 Å². The first-order valence-corrected chi connectivity index (χ1v) is 8.58. The molecule has 6 heteroatoms. The van der Waals surface area contributed by atoms with Gasteiger partial charge in [0.05, 0.1) is 24.8 Å². The fourth-order valence-electron chi connectivity index (χ4n) is 2.99. The number of carbonyl (C=O) groups excluding carboxylic acids is 2. The Labute approximate surface area is 157 Å². The van der Waals surface area contributed by atoms with Crippen molar-refractivity contribution in [1.82, 2.24) is 4.57 Å². The number of hydrogen-bond acceptors (Lipinski definition) is 5. The number of aromatic nitrogens is 1. The fraction of sp³-hybridized carbons (Fsp3) is 0.238. The van der Waals surface area contributed by atoms with Gasteiger partial charge in [0, 0.05) is 23.6 Å². The Morgan fingerprint density at radius 2 is 1.81 bits per heavy atom. The molecule has 0 atom stereocenters. The van der Waals surface area contributed by atoms with Gasteiger partial charge in [0.2, 0.25) is 0 Å². The molecular formula is C21H21NO5. The molecule has 3 rings (SSSR count). The van der Waals surface area contributed by atoms with Crippen LogP contribution in [0.25, 0.3) is 10.9 Å². The van der Waals surface area contributed by atoms with Gasteiger partial charge in [-0.15, -0.1) is 0 Å². The van der Waals surface area contributed by atoms with Crippen molar-refractivity contribution in [2.75, 3.05) is 13.7 Å². The molecule has 0 unspecified atom stereocenters. The topological polar surface area (TPSA) is 66.8 Å². The number of nitrogens with zero attached hydrogens (tertiary/aromatic N) is 1. The van der Waals surface area contributed by atoms with Gasteiger partial charge in [0.25, 0.3) is 0 Å². The molecule has 6 nitrogen and oxygen atoms in total. The van der Waals surface area contributed by atoms with Gasteiger partial charge < -0.3 is 18.8 Å². The van der Waals surface area contributed by atoms with Crippen molar-refractivity contribution >= 4 is 22.8 Å². The lowest BCUT2D eigenvalue weighted by molar-refractivity contribution is 0.0527. The van der Waals surface area contributed by atoms with E-state index in [0.29, 0.717) is 34.6 Å². The van der Waals surface area contributed by atoms with E-state index in [1.165, 1.54) is 7.11 Å². The number of methoxy groups -OCH3 is 1. The number of ether oxygens (including phenoxy) is 3. The highest BCUT2D eigenvalue weighted by Gasteiger charge is 2.20. The summed E-state index contributed by atoms with van der Waals surface area (Å²) in [6.45, 7) is 3.91. The van der Waals surface area contributed by atoms with Crippen LogP contribution in [-0.4, -0.2) is 30.2 Å². The fourth-order valence-corrected chi connectivity index (χ4v) is 2.99. The standard InChI is InChI=1S/C21H21NO5/c1-5-26-21(24)19-13(2)22(3)18-10-9-16(12-17(18)19)27-20(23)14-7-6-8-15(11-14)25-4/h6-12H,5H2,1-4H3. The minimum Gasteiger partial charge on any atom is -0.497 e. The molecule has 27 heavy (non-hydrogen) atoms. The molecule has 0 radical (unpaired) electrons. The molecule has 1 aromatic heterocycles. The van der Waals surface area contributed by atoms with Crippen LogP contribution in [0.4, 0.5) is 0 Å². The third-order valence-corrected chi connectivity index (χ3v) is 4.46. The molecule has 0 saturated carbocycles. The van der Waals surface area contributed by atoms with Crippen LogP contribution < -0.4 is 9.47 Å². The van der Waals surface area contributed by atoms with Gasteiger partial charge in [-0.3, -0.25) is 0 Å². The highest BCUT2D eigenvalue weighted by Crippen LogP contribution is 2.29. The molecule has 0 fully saturated rings. The van der Waals surface area contributed by atoms with Crippen LogP contribution in [0.15, 0.2) is 42.5 Å². The third kappa shape index (κ3) is 3.51. The van der Waals surface area contributed by atoms with Gasteiger partial charge in [-0.2, -0.15) is 0 Å². The zero-order valence-electron chi connectivity index (χ0n) is 15.7. The second-order valence-corrected chi connectivity index (χ2v) is 6.04. The zero-order chi connectivity index (χ0) is 19.6. The minimum atomic E-state index is -0.501. The molecule has 0 bridgehead atoms. The Kier molecular flexibility index (Phi) is 5.16. The predicted molar refractivity (Wildman–Crippen MR) is 102 cm³/mol. The van der Waals surface area contributed by atoms with Crippen LogP contribution in [0, 0.1) is 6.92 Å². The van der Waals surface area contributed by atoms with Gasteiger partial charge in [-0.1, -0.05) is 6.07 Å². The van der Waals surface area contributed by atoms with Crippen LogP contribution in [0.3, 0.4) is 0 Å². The van der Waals surface area contributed by atoms with Crippen LogP contribution in [0.2, 0.25) is 0 Å². The largest absolute Gasteiger partial charge is 0.497 e. The normalized spacial score (nSPS) is 10.7. The number of carbonyl (C=O) groups is 2. The van der Waals surface area contributed by atoms with Crippen molar-refractivity contribution in [3.8, 4) is 11.5 Å². The second kappa shape index (κ2) is 7.53. The van der Waals surface area contributed by atoms with Crippen LogP contribution >= 0.6 is 0 Å². The van der Waals surface area contributed by atoms with Gasteiger partial charge in [0.15, 0.2) is 0 Å². The van der Waals surface area contributed by atoms with E-state index in [1.54, 1.807) is 43.3 Å². The van der Waals surface area contributed by atoms with E-state index in [4.69, 9.17) is 14.2 Å². The smallest absolute Gasteiger partial charge is 0.343 e. The van der Waals surface area contributed by atoms with E-state index in [-0.39, 0.29) is 0 Å².